The third-order valence-electron chi connectivity index (χ3n) is 4.00. The average molecular weight is 351 g/mol. The van der Waals surface area contributed by atoms with Gasteiger partial charge in [0.05, 0.1) is 6.04 Å². The SMILES string of the molecule is CN(C(=O)Cn1cnc([N+](=O)[O-])n1)C(c1ccccc1)c1ccccc1. The van der Waals surface area contributed by atoms with Gasteiger partial charge < -0.3 is 15.0 Å². The molecule has 0 aliphatic heterocycles. The number of nitro groups is 1. The first-order chi connectivity index (χ1) is 12.6. The second kappa shape index (κ2) is 7.56. The molecule has 132 valence electrons. The van der Waals surface area contributed by atoms with Crippen molar-refractivity contribution in [1.82, 2.24) is 19.7 Å². The van der Waals surface area contributed by atoms with Crippen LogP contribution in [0.15, 0.2) is 67.0 Å². The molecule has 2 aromatic carbocycles. The second-order valence-electron chi connectivity index (χ2n) is 5.73. The van der Waals surface area contributed by atoms with Crippen molar-refractivity contribution < 1.29 is 9.72 Å². The highest BCUT2D eigenvalue weighted by Crippen LogP contribution is 2.27. The molecule has 1 heterocycles. The first-order valence-electron chi connectivity index (χ1n) is 7.95. The van der Waals surface area contributed by atoms with Gasteiger partial charge in [-0.05, 0) is 16.1 Å². The van der Waals surface area contributed by atoms with E-state index in [1.165, 1.54) is 11.0 Å². The summed E-state index contributed by atoms with van der Waals surface area (Å²) in [6.07, 6.45) is 1.18. The highest BCUT2D eigenvalue weighted by molar-refractivity contribution is 5.76. The van der Waals surface area contributed by atoms with E-state index in [-0.39, 0.29) is 18.5 Å². The number of amides is 1. The maximum absolute atomic E-state index is 12.7. The molecule has 8 heteroatoms. The van der Waals surface area contributed by atoms with E-state index in [0.29, 0.717) is 0 Å². The number of benzene rings is 2. The van der Waals surface area contributed by atoms with Crippen LogP contribution in [0.25, 0.3) is 0 Å². The second-order valence-corrected chi connectivity index (χ2v) is 5.73. The molecule has 0 fully saturated rings. The Bertz CT molecular complexity index is 856. The van der Waals surface area contributed by atoms with Crippen LogP contribution in [-0.4, -0.2) is 37.5 Å². The van der Waals surface area contributed by atoms with Crippen LogP contribution in [0.3, 0.4) is 0 Å². The standard InChI is InChI=1S/C18H17N5O3/c1-21(16(24)12-22-13-19-18(20-22)23(25)26)17(14-8-4-2-5-9-14)15-10-6-3-7-11-15/h2-11,13,17H,12H2,1H3. The summed E-state index contributed by atoms with van der Waals surface area (Å²) >= 11 is 0. The van der Waals surface area contributed by atoms with Gasteiger partial charge in [-0.15, -0.1) is 0 Å². The maximum Gasteiger partial charge on any atom is 0.490 e. The van der Waals surface area contributed by atoms with Crippen LogP contribution in [0, 0.1) is 10.1 Å². The lowest BCUT2D eigenvalue weighted by Gasteiger charge is -2.29. The first kappa shape index (κ1) is 17.3. The first-order valence-corrected chi connectivity index (χ1v) is 7.95. The number of aromatic nitrogens is 3. The molecular formula is C18H17N5O3. The van der Waals surface area contributed by atoms with Crippen molar-refractivity contribution in [2.24, 2.45) is 0 Å². The summed E-state index contributed by atoms with van der Waals surface area (Å²) in [6, 6.07) is 19.1. The van der Waals surface area contributed by atoms with E-state index in [1.807, 2.05) is 60.7 Å². The van der Waals surface area contributed by atoms with Crippen LogP contribution >= 0.6 is 0 Å². The average Bonchev–Trinajstić information content (AvgIpc) is 3.12. The summed E-state index contributed by atoms with van der Waals surface area (Å²) in [5.74, 6) is -0.759. The van der Waals surface area contributed by atoms with Crippen molar-refractivity contribution in [3.8, 4) is 0 Å². The van der Waals surface area contributed by atoms with Gasteiger partial charge in [0, 0.05) is 12.1 Å². The van der Waals surface area contributed by atoms with E-state index in [9.17, 15) is 14.9 Å². The summed E-state index contributed by atoms with van der Waals surface area (Å²) in [6.45, 7) is -0.131. The van der Waals surface area contributed by atoms with Crippen LogP contribution in [-0.2, 0) is 11.3 Å². The highest BCUT2D eigenvalue weighted by atomic mass is 16.6. The zero-order chi connectivity index (χ0) is 18.5. The lowest BCUT2D eigenvalue weighted by molar-refractivity contribution is -0.394. The fraction of sp³-hybridized carbons (Fsp3) is 0.167. The quantitative estimate of drug-likeness (QED) is 0.502. The monoisotopic (exact) mass is 351 g/mol. The molecule has 0 aliphatic rings. The molecule has 3 aromatic rings. The van der Waals surface area contributed by atoms with E-state index in [1.54, 1.807) is 11.9 Å². The number of likely N-dealkylation sites (N-methyl/N-ethyl adjacent to an activating group) is 1. The van der Waals surface area contributed by atoms with Gasteiger partial charge in [-0.25, -0.2) is 0 Å². The van der Waals surface area contributed by atoms with E-state index in [2.05, 4.69) is 10.1 Å². The summed E-state index contributed by atoms with van der Waals surface area (Å²) in [4.78, 5) is 27.9. The molecule has 8 nitrogen and oxygen atoms in total. The predicted molar refractivity (Wildman–Crippen MR) is 94.2 cm³/mol. The Hall–Kier alpha value is -3.55. The zero-order valence-electron chi connectivity index (χ0n) is 14.1. The number of carbonyl (C=O) groups is 1. The minimum atomic E-state index is -0.693. The van der Waals surface area contributed by atoms with Gasteiger partial charge in [0.15, 0.2) is 0 Å². The Labute approximate surface area is 149 Å². The van der Waals surface area contributed by atoms with Gasteiger partial charge in [0.25, 0.3) is 0 Å². The van der Waals surface area contributed by atoms with Crippen molar-refractivity contribution >= 4 is 11.9 Å². The van der Waals surface area contributed by atoms with E-state index in [4.69, 9.17) is 0 Å². The van der Waals surface area contributed by atoms with Gasteiger partial charge in [-0.2, -0.15) is 4.68 Å². The Balaban J connectivity index is 1.86. The van der Waals surface area contributed by atoms with Crippen LogP contribution in [0.5, 0.6) is 0 Å². The fourth-order valence-electron chi connectivity index (χ4n) is 2.75. The molecule has 0 radical (unpaired) electrons. The summed E-state index contributed by atoms with van der Waals surface area (Å²) in [5, 5.41) is 14.4. The zero-order valence-corrected chi connectivity index (χ0v) is 14.1. The third-order valence-corrected chi connectivity index (χ3v) is 4.00. The van der Waals surface area contributed by atoms with Gasteiger partial charge >= 0.3 is 5.95 Å². The fourth-order valence-corrected chi connectivity index (χ4v) is 2.75. The smallest absolute Gasteiger partial charge is 0.390 e. The molecule has 0 aliphatic carbocycles. The van der Waals surface area contributed by atoms with Gasteiger partial charge in [-0.1, -0.05) is 65.6 Å². The molecule has 1 amide bonds. The van der Waals surface area contributed by atoms with E-state index < -0.39 is 10.9 Å². The van der Waals surface area contributed by atoms with Crippen LogP contribution in [0.2, 0.25) is 0 Å². The molecule has 0 atom stereocenters. The van der Waals surface area contributed by atoms with Crippen molar-refractivity contribution in [2.45, 2.75) is 12.6 Å². The topological polar surface area (TPSA) is 94.2 Å². The largest absolute Gasteiger partial charge is 0.490 e. The Morgan fingerprint density at radius 2 is 1.65 bits per heavy atom. The molecular weight excluding hydrogens is 334 g/mol. The molecule has 26 heavy (non-hydrogen) atoms. The van der Waals surface area contributed by atoms with E-state index in [0.717, 1.165) is 11.1 Å². The summed E-state index contributed by atoms with van der Waals surface area (Å²) in [5.41, 5.74) is 1.94. The van der Waals surface area contributed by atoms with Gasteiger partial charge in [-0.3, -0.25) is 4.79 Å². The molecule has 1 aromatic heterocycles. The molecule has 0 spiro atoms. The van der Waals surface area contributed by atoms with Gasteiger partial charge in [0.2, 0.25) is 12.2 Å². The third kappa shape index (κ3) is 3.75. The number of rotatable bonds is 6. The normalized spacial score (nSPS) is 10.7. The maximum atomic E-state index is 12.7. The highest BCUT2D eigenvalue weighted by Gasteiger charge is 2.25. The van der Waals surface area contributed by atoms with Crippen LogP contribution < -0.4 is 0 Å². The number of hydrogen-bond acceptors (Lipinski definition) is 5. The minimum Gasteiger partial charge on any atom is -0.390 e. The lowest BCUT2D eigenvalue weighted by Crippen LogP contribution is -2.34. The van der Waals surface area contributed by atoms with Crippen molar-refractivity contribution in [1.29, 1.82) is 0 Å². The van der Waals surface area contributed by atoms with Crippen LogP contribution in [0.1, 0.15) is 17.2 Å². The summed E-state index contributed by atoms with van der Waals surface area (Å²) in [7, 11) is 1.71. The minimum absolute atomic E-state index is 0.131. The number of hydrogen-bond donors (Lipinski definition) is 0. The molecule has 0 N–H and O–H groups in total. The lowest BCUT2D eigenvalue weighted by atomic mass is 9.97. The Kier molecular flexibility index (Phi) is 5.02. The van der Waals surface area contributed by atoms with E-state index >= 15 is 0 Å². The molecule has 0 saturated heterocycles. The van der Waals surface area contributed by atoms with Gasteiger partial charge in [0.1, 0.15) is 6.54 Å². The van der Waals surface area contributed by atoms with Crippen molar-refractivity contribution in [3.63, 3.8) is 0 Å². The number of nitrogens with zero attached hydrogens (tertiary/aromatic N) is 5. The molecule has 0 unspecified atom stereocenters. The van der Waals surface area contributed by atoms with Crippen molar-refractivity contribution in [3.05, 3.63) is 88.2 Å². The number of carbonyl (C=O) groups excluding carboxylic acids is 1. The summed E-state index contributed by atoms with van der Waals surface area (Å²) < 4.78 is 1.17. The molecule has 0 bridgehead atoms. The Morgan fingerprint density at radius 1 is 1.12 bits per heavy atom. The molecule has 0 saturated carbocycles. The van der Waals surface area contributed by atoms with Crippen LogP contribution in [0.4, 0.5) is 5.95 Å². The molecule has 3 rings (SSSR count). The predicted octanol–water partition coefficient (Wildman–Crippen LogP) is 2.43. The van der Waals surface area contributed by atoms with Crippen molar-refractivity contribution in [2.75, 3.05) is 7.05 Å². The Morgan fingerprint density at radius 3 is 2.12 bits per heavy atom.